The second-order valence-electron chi connectivity index (χ2n) is 8.88. The van der Waals surface area contributed by atoms with E-state index in [0.717, 1.165) is 48.3 Å². The molecule has 1 aliphatic heterocycles. The minimum atomic E-state index is -0.505. The predicted octanol–water partition coefficient (Wildman–Crippen LogP) is 4.08. The third-order valence-electron chi connectivity index (χ3n) is 6.55. The standard InChI is InChI=1S/C27H28F2N4O/c28-22-9-5-20(6-10-22)27(21-7-11-23(29)12-8-21)32-15-13-31(14-16-32)17-24(34)18-33-19-30-25-3-1-2-4-26(25)33/h1-12,19,24,27,34H,13-18H2. The molecule has 1 atom stereocenters. The average molecular weight is 463 g/mol. The summed E-state index contributed by atoms with van der Waals surface area (Å²) in [4.78, 5) is 9.01. The summed E-state index contributed by atoms with van der Waals surface area (Å²) in [6, 6.07) is 20.9. The summed E-state index contributed by atoms with van der Waals surface area (Å²) >= 11 is 0. The highest BCUT2D eigenvalue weighted by atomic mass is 19.1. The van der Waals surface area contributed by atoms with Crippen molar-refractivity contribution in [2.75, 3.05) is 32.7 Å². The van der Waals surface area contributed by atoms with E-state index in [9.17, 15) is 13.9 Å². The number of imidazole rings is 1. The molecular weight excluding hydrogens is 434 g/mol. The SMILES string of the molecule is OC(CN1CCN(C(c2ccc(F)cc2)c2ccc(F)cc2)CC1)Cn1cnc2ccccc21. The molecule has 0 bridgehead atoms. The number of piperazine rings is 1. The fraction of sp³-hybridized carbons (Fsp3) is 0.296. The van der Waals surface area contributed by atoms with Gasteiger partial charge in [0.15, 0.2) is 0 Å². The monoisotopic (exact) mass is 462 g/mol. The van der Waals surface area contributed by atoms with Gasteiger partial charge in [0.05, 0.1) is 36.1 Å². The van der Waals surface area contributed by atoms with Crippen molar-refractivity contribution in [3.8, 4) is 0 Å². The van der Waals surface area contributed by atoms with Crippen molar-refractivity contribution in [3.63, 3.8) is 0 Å². The van der Waals surface area contributed by atoms with E-state index in [1.165, 1.54) is 24.3 Å². The quantitative estimate of drug-likeness (QED) is 0.450. The summed E-state index contributed by atoms with van der Waals surface area (Å²) in [6.07, 6.45) is 1.27. The first-order chi connectivity index (χ1) is 16.6. The lowest BCUT2D eigenvalue weighted by Crippen LogP contribution is -2.50. The number of halogens is 2. The zero-order valence-corrected chi connectivity index (χ0v) is 18.9. The first-order valence-electron chi connectivity index (χ1n) is 11.6. The topological polar surface area (TPSA) is 44.5 Å². The normalized spacial score (nSPS) is 16.4. The second kappa shape index (κ2) is 10.0. The van der Waals surface area contributed by atoms with Crippen LogP contribution >= 0.6 is 0 Å². The molecular formula is C27H28F2N4O. The second-order valence-corrected chi connectivity index (χ2v) is 8.88. The van der Waals surface area contributed by atoms with Crippen molar-refractivity contribution in [3.05, 3.63) is 102 Å². The molecule has 176 valence electrons. The molecule has 1 fully saturated rings. The molecule has 1 aromatic heterocycles. The molecule has 1 aliphatic rings. The van der Waals surface area contributed by atoms with Crippen LogP contribution in [0.25, 0.3) is 11.0 Å². The van der Waals surface area contributed by atoms with Gasteiger partial charge >= 0.3 is 0 Å². The highest BCUT2D eigenvalue weighted by molar-refractivity contribution is 5.74. The summed E-state index contributed by atoms with van der Waals surface area (Å²) < 4.78 is 29.1. The van der Waals surface area contributed by atoms with Crippen LogP contribution in [0, 0.1) is 11.6 Å². The summed E-state index contributed by atoms with van der Waals surface area (Å²) in [6.45, 7) is 4.27. The highest BCUT2D eigenvalue weighted by Crippen LogP contribution is 2.30. The molecule has 5 rings (SSSR count). The zero-order valence-electron chi connectivity index (χ0n) is 18.9. The molecule has 0 radical (unpaired) electrons. The van der Waals surface area contributed by atoms with Gasteiger partial charge < -0.3 is 9.67 Å². The van der Waals surface area contributed by atoms with E-state index >= 15 is 0 Å². The van der Waals surface area contributed by atoms with E-state index in [2.05, 4.69) is 14.8 Å². The van der Waals surface area contributed by atoms with Gasteiger partial charge in [-0.3, -0.25) is 9.80 Å². The number of rotatable bonds is 7. The molecule has 1 saturated heterocycles. The molecule has 3 aromatic carbocycles. The molecule has 2 heterocycles. The maximum absolute atomic E-state index is 13.5. The van der Waals surface area contributed by atoms with Gasteiger partial charge in [-0.2, -0.15) is 0 Å². The van der Waals surface area contributed by atoms with E-state index in [1.54, 1.807) is 30.6 Å². The highest BCUT2D eigenvalue weighted by Gasteiger charge is 2.27. The van der Waals surface area contributed by atoms with Crippen LogP contribution in [0.2, 0.25) is 0 Å². The minimum Gasteiger partial charge on any atom is -0.390 e. The van der Waals surface area contributed by atoms with Gasteiger partial charge in [0.25, 0.3) is 0 Å². The maximum atomic E-state index is 13.5. The van der Waals surface area contributed by atoms with Gasteiger partial charge in [-0.1, -0.05) is 36.4 Å². The number of aliphatic hydroxyl groups is 1. The van der Waals surface area contributed by atoms with E-state index in [0.29, 0.717) is 13.1 Å². The number of benzene rings is 3. The molecule has 1 unspecified atom stereocenters. The Bertz CT molecular complexity index is 1170. The van der Waals surface area contributed by atoms with Gasteiger partial charge in [0.1, 0.15) is 11.6 Å². The van der Waals surface area contributed by atoms with Gasteiger partial charge in [-0.25, -0.2) is 13.8 Å². The number of aliphatic hydroxyl groups excluding tert-OH is 1. The van der Waals surface area contributed by atoms with E-state index < -0.39 is 6.10 Å². The third-order valence-corrected chi connectivity index (χ3v) is 6.55. The molecule has 1 N–H and O–H groups in total. The Labute approximate surface area is 197 Å². The van der Waals surface area contributed by atoms with Crippen molar-refractivity contribution in [1.29, 1.82) is 0 Å². The van der Waals surface area contributed by atoms with E-state index in [-0.39, 0.29) is 17.7 Å². The Morgan fingerprint density at radius 2 is 1.35 bits per heavy atom. The number of hydrogen-bond acceptors (Lipinski definition) is 4. The fourth-order valence-corrected chi connectivity index (χ4v) is 4.85. The van der Waals surface area contributed by atoms with Crippen LogP contribution in [0.3, 0.4) is 0 Å². The summed E-state index contributed by atoms with van der Waals surface area (Å²) in [7, 11) is 0. The lowest BCUT2D eigenvalue weighted by molar-refractivity contribution is 0.0560. The van der Waals surface area contributed by atoms with Crippen molar-refractivity contribution in [1.82, 2.24) is 19.4 Å². The lowest BCUT2D eigenvalue weighted by Gasteiger charge is -2.40. The van der Waals surface area contributed by atoms with Crippen LogP contribution in [-0.4, -0.2) is 63.3 Å². The molecule has 7 heteroatoms. The molecule has 0 aliphatic carbocycles. The van der Waals surface area contributed by atoms with Crippen molar-refractivity contribution >= 4 is 11.0 Å². The summed E-state index contributed by atoms with van der Waals surface area (Å²) in [5.74, 6) is -0.544. The number of nitrogens with zero attached hydrogens (tertiary/aromatic N) is 4. The molecule has 5 nitrogen and oxygen atoms in total. The summed E-state index contributed by atoms with van der Waals surface area (Å²) in [5, 5.41) is 10.7. The van der Waals surface area contributed by atoms with Crippen LogP contribution in [-0.2, 0) is 6.54 Å². The Morgan fingerprint density at radius 3 is 1.97 bits per heavy atom. The Kier molecular flexibility index (Phi) is 6.67. The predicted molar refractivity (Wildman–Crippen MR) is 128 cm³/mol. The lowest BCUT2D eigenvalue weighted by atomic mass is 9.96. The molecule has 0 amide bonds. The zero-order chi connectivity index (χ0) is 23.5. The van der Waals surface area contributed by atoms with E-state index in [1.807, 2.05) is 28.8 Å². The fourth-order valence-electron chi connectivity index (χ4n) is 4.85. The number of hydrogen-bond donors (Lipinski definition) is 1. The number of fused-ring (bicyclic) bond motifs is 1. The van der Waals surface area contributed by atoms with Gasteiger partial charge in [0, 0.05) is 32.7 Å². The first kappa shape index (κ1) is 22.7. The number of para-hydroxylation sites is 2. The van der Waals surface area contributed by atoms with Crippen molar-refractivity contribution in [2.24, 2.45) is 0 Å². The Morgan fingerprint density at radius 1 is 0.765 bits per heavy atom. The molecule has 0 saturated carbocycles. The van der Waals surface area contributed by atoms with Gasteiger partial charge in [0.2, 0.25) is 0 Å². The van der Waals surface area contributed by atoms with Crippen LogP contribution < -0.4 is 0 Å². The Hall–Kier alpha value is -3.13. The molecule has 0 spiro atoms. The van der Waals surface area contributed by atoms with Crippen LogP contribution in [0.1, 0.15) is 17.2 Å². The van der Waals surface area contributed by atoms with Crippen LogP contribution in [0.5, 0.6) is 0 Å². The minimum absolute atomic E-state index is 0.0782. The van der Waals surface area contributed by atoms with Crippen molar-refractivity contribution < 1.29 is 13.9 Å². The smallest absolute Gasteiger partial charge is 0.123 e. The van der Waals surface area contributed by atoms with Gasteiger partial charge in [-0.15, -0.1) is 0 Å². The Balaban J connectivity index is 1.24. The largest absolute Gasteiger partial charge is 0.390 e. The number of aromatic nitrogens is 2. The molecule has 34 heavy (non-hydrogen) atoms. The van der Waals surface area contributed by atoms with Crippen LogP contribution in [0.4, 0.5) is 8.78 Å². The molecule has 4 aromatic rings. The van der Waals surface area contributed by atoms with Crippen LogP contribution in [0.15, 0.2) is 79.1 Å². The summed E-state index contributed by atoms with van der Waals surface area (Å²) in [5.41, 5.74) is 3.91. The van der Waals surface area contributed by atoms with Crippen molar-refractivity contribution in [2.45, 2.75) is 18.7 Å². The van der Waals surface area contributed by atoms with E-state index in [4.69, 9.17) is 0 Å². The maximum Gasteiger partial charge on any atom is 0.123 e. The first-order valence-corrected chi connectivity index (χ1v) is 11.6. The number of β-amino-alcohol motifs (C(OH)–C–C–N with tert-alkyl or cyclic N) is 1. The third kappa shape index (κ3) is 5.01. The van der Waals surface area contributed by atoms with Gasteiger partial charge in [-0.05, 0) is 47.5 Å². The average Bonchev–Trinajstić information content (AvgIpc) is 3.25.